The maximum Gasteiger partial charge on any atom is 0.271 e. The standard InChI is InChI=1S/C23H28N4O2/c1-15-22(16(2)25(3)24-15)21-14-29-11-10-26(21)23(28)20-12-18-6-4-5-7-19(18)27(20)13-17-8-9-17/h4-7,12,17,21H,8-11,13-14H2,1-3H3. The Labute approximate surface area is 171 Å². The van der Waals surface area contributed by atoms with Crippen molar-refractivity contribution in [1.29, 1.82) is 0 Å². The SMILES string of the molecule is Cc1nn(C)c(C)c1C1COCCN1C(=O)c1cc2ccccc2n1CC1CC1. The third-order valence-electron chi connectivity index (χ3n) is 6.45. The van der Waals surface area contributed by atoms with Gasteiger partial charge >= 0.3 is 0 Å². The highest BCUT2D eigenvalue weighted by Gasteiger charge is 2.35. The number of nitrogens with zero attached hydrogens (tertiary/aromatic N) is 4. The zero-order valence-electron chi connectivity index (χ0n) is 17.4. The van der Waals surface area contributed by atoms with Gasteiger partial charge in [-0.15, -0.1) is 0 Å². The van der Waals surface area contributed by atoms with Gasteiger partial charge in [0.05, 0.1) is 24.9 Å². The van der Waals surface area contributed by atoms with Crippen LogP contribution in [0.4, 0.5) is 0 Å². The number of carbonyl (C=O) groups is 1. The number of rotatable bonds is 4. The molecule has 2 fully saturated rings. The van der Waals surface area contributed by atoms with Crippen molar-refractivity contribution in [2.24, 2.45) is 13.0 Å². The fraction of sp³-hybridized carbons (Fsp3) is 0.478. The number of hydrogen-bond acceptors (Lipinski definition) is 3. The summed E-state index contributed by atoms with van der Waals surface area (Å²) < 4.78 is 9.93. The molecule has 1 amide bonds. The molecule has 0 spiro atoms. The maximum absolute atomic E-state index is 13.8. The second-order valence-corrected chi connectivity index (χ2v) is 8.44. The van der Waals surface area contributed by atoms with E-state index in [1.807, 2.05) is 29.6 Å². The van der Waals surface area contributed by atoms with Crippen LogP contribution in [0.15, 0.2) is 30.3 Å². The van der Waals surface area contributed by atoms with E-state index in [-0.39, 0.29) is 11.9 Å². The van der Waals surface area contributed by atoms with E-state index in [1.54, 1.807) is 0 Å². The highest BCUT2D eigenvalue weighted by atomic mass is 16.5. The van der Waals surface area contributed by atoms with Crippen molar-refractivity contribution in [3.8, 4) is 0 Å². The Morgan fingerprint density at radius 1 is 1.24 bits per heavy atom. The number of carbonyl (C=O) groups excluding carboxylic acids is 1. The maximum atomic E-state index is 13.8. The summed E-state index contributed by atoms with van der Waals surface area (Å²) in [6.45, 7) is 6.70. The van der Waals surface area contributed by atoms with E-state index < -0.39 is 0 Å². The van der Waals surface area contributed by atoms with Gasteiger partial charge in [-0.3, -0.25) is 9.48 Å². The third kappa shape index (κ3) is 3.15. The van der Waals surface area contributed by atoms with Crippen molar-refractivity contribution < 1.29 is 9.53 Å². The summed E-state index contributed by atoms with van der Waals surface area (Å²) in [6, 6.07) is 10.3. The van der Waals surface area contributed by atoms with Crippen molar-refractivity contribution in [1.82, 2.24) is 19.2 Å². The van der Waals surface area contributed by atoms with Gasteiger partial charge in [0.2, 0.25) is 0 Å². The Kier molecular flexibility index (Phi) is 4.46. The van der Waals surface area contributed by atoms with Crippen LogP contribution in [-0.4, -0.2) is 44.9 Å². The number of ether oxygens (including phenoxy) is 1. The van der Waals surface area contributed by atoms with Crippen molar-refractivity contribution in [2.75, 3.05) is 19.8 Å². The summed E-state index contributed by atoms with van der Waals surface area (Å²) in [5, 5.41) is 5.70. The summed E-state index contributed by atoms with van der Waals surface area (Å²) in [6.07, 6.45) is 2.52. The van der Waals surface area contributed by atoms with Crippen LogP contribution in [0.1, 0.15) is 46.3 Å². The molecule has 3 aromatic rings. The quantitative estimate of drug-likeness (QED) is 0.681. The average molecular weight is 393 g/mol. The third-order valence-corrected chi connectivity index (χ3v) is 6.45. The molecule has 6 heteroatoms. The number of fused-ring (bicyclic) bond motifs is 1. The molecule has 1 aliphatic carbocycles. The molecular weight excluding hydrogens is 364 g/mol. The first-order valence-corrected chi connectivity index (χ1v) is 10.5. The zero-order valence-corrected chi connectivity index (χ0v) is 17.4. The molecule has 1 aromatic carbocycles. The summed E-state index contributed by atoms with van der Waals surface area (Å²) in [4.78, 5) is 15.8. The van der Waals surface area contributed by atoms with E-state index in [0.717, 1.165) is 40.1 Å². The van der Waals surface area contributed by atoms with E-state index in [4.69, 9.17) is 4.74 Å². The van der Waals surface area contributed by atoms with Crippen LogP contribution in [0.25, 0.3) is 10.9 Å². The van der Waals surface area contributed by atoms with E-state index in [9.17, 15) is 4.79 Å². The van der Waals surface area contributed by atoms with Crippen LogP contribution in [0, 0.1) is 19.8 Å². The molecule has 1 atom stereocenters. The first-order chi connectivity index (χ1) is 14.0. The van der Waals surface area contributed by atoms with E-state index >= 15 is 0 Å². The molecule has 2 aromatic heterocycles. The number of morpholine rings is 1. The Morgan fingerprint density at radius 2 is 2.03 bits per heavy atom. The van der Waals surface area contributed by atoms with Gasteiger partial charge in [0.1, 0.15) is 5.69 Å². The van der Waals surface area contributed by atoms with E-state index in [2.05, 4.69) is 40.9 Å². The molecule has 3 heterocycles. The summed E-state index contributed by atoms with van der Waals surface area (Å²) in [7, 11) is 1.95. The monoisotopic (exact) mass is 392 g/mol. The first kappa shape index (κ1) is 18.4. The minimum absolute atomic E-state index is 0.0952. The largest absolute Gasteiger partial charge is 0.377 e. The van der Waals surface area contributed by atoms with E-state index in [0.29, 0.717) is 25.7 Å². The van der Waals surface area contributed by atoms with E-state index in [1.165, 1.54) is 12.8 Å². The van der Waals surface area contributed by atoms with Gasteiger partial charge in [-0.25, -0.2) is 0 Å². The lowest BCUT2D eigenvalue weighted by molar-refractivity contribution is -0.00359. The number of aromatic nitrogens is 3. The number of benzene rings is 1. The molecule has 0 bridgehead atoms. The fourth-order valence-electron chi connectivity index (χ4n) is 4.65. The van der Waals surface area contributed by atoms with Crippen LogP contribution in [0.3, 0.4) is 0 Å². The van der Waals surface area contributed by atoms with Crippen molar-refractivity contribution in [3.05, 3.63) is 53.0 Å². The second kappa shape index (κ2) is 7.02. The zero-order chi connectivity index (χ0) is 20.1. The van der Waals surface area contributed by atoms with Gasteiger partial charge < -0.3 is 14.2 Å². The molecule has 29 heavy (non-hydrogen) atoms. The molecule has 6 nitrogen and oxygen atoms in total. The lowest BCUT2D eigenvalue weighted by atomic mass is 10.0. The van der Waals surface area contributed by atoms with Gasteiger partial charge in [0.15, 0.2) is 0 Å². The van der Waals surface area contributed by atoms with Gasteiger partial charge in [0, 0.05) is 42.3 Å². The van der Waals surface area contributed by atoms with Crippen LogP contribution in [0.5, 0.6) is 0 Å². The number of aryl methyl sites for hydroxylation is 2. The lowest BCUT2D eigenvalue weighted by Gasteiger charge is -2.36. The fourth-order valence-corrected chi connectivity index (χ4v) is 4.65. The topological polar surface area (TPSA) is 52.3 Å². The van der Waals surface area contributed by atoms with Crippen molar-refractivity contribution in [2.45, 2.75) is 39.3 Å². The second-order valence-electron chi connectivity index (χ2n) is 8.44. The van der Waals surface area contributed by atoms with Crippen LogP contribution >= 0.6 is 0 Å². The summed E-state index contributed by atoms with van der Waals surface area (Å²) in [5.74, 6) is 0.790. The molecule has 1 saturated carbocycles. The molecule has 0 N–H and O–H groups in total. The molecule has 1 saturated heterocycles. The Hall–Kier alpha value is -2.60. The van der Waals surface area contributed by atoms with Gasteiger partial charge in [-0.2, -0.15) is 5.10 Å². The average Bonchev–Trinajstić information content (AvgIpc) is 3.42. The molecule has 5 rings (SSSR count). The number of amides is 1. The number of hydrogen-bond donors (Lipinski definition) is 0. The Balaban J connectivity index is 1.56. The first-order valence-electron chi connectivity index (χ1n) is 10.5. The molecular formula is C23H28N4O2. The number of para-hydroxylation sites is 1. The van der Waals surface area contributed by atoms with Crippen LogP contribution < -0.4 is 0 Å². The molecule has 0 radical (unpaired) electrons. The normalized spacial score (nSPS) is 19.8. The van der Waals surface area contributed by atoms with Crippen LogP contribution in [0.2, 0.25) is 0 Å². The highest BCUT2D eigenvalue weighted by molar-refractivity contribution is 5.99. The minimum atomic E-state index is -0.0997. The molecule has 152 valence electrons. The molecule has 1 unspecified atom stereocenters. The predicted octanol–water partition coefficient (Wildman–Crippen LogP) is 3.62. The molecule has 2 aliphatic rings. The van der Waals surface area contributed by atoms with Crippen molar-refractivity contribution >= 4 is 16.8 Å². The Bertz CT molecular complexity index is 1080. The summed E-state index contributed by atoms with van der Waals surface area (Å²) in [5.41, 5.74) is 5.13. The lowest BCUT2D eigenvalue weighted by Crippen LogP contribution is -2.44. The molecule has 1 aliphatic heterocycles. The predicted molar refractivity (Wildman–Crippen MR) is 112 cm³/mol. The van der Waals surface area contributed by atoms with Crippen LogP contribution in [-0.2, 0) is 18.3 Å². The van der Waals surface area contributed by atoms with Gasteiger partial charge in [0.25, 0.3) is 5.91 Å². The van der Waals surface area contributed by atoms with Gasteiger partial charge in [-0.1, -0.05) is 18.2 Å². The minimum Gasteiger partial charge on any atom is -0.377 e. The van der Waals surface area contributed by atoms with Gasteiger partial charge in [-0.05, 0) is 44.7 Å². The smallest absolute Gasteiger partial charge is 0.271 e. The Morgan fingerprint density at radius 3 is 2.76 bits per heavy atom. The van der Waals surface area contributed by atoms with Crippen molar-refractivity contribution in [3.63, 3.8) is 0 Å². The summed E-state index contributed by atoms with van der Waals surface area (Å²) >= 11 is 0. The highest BCUT2D eigenvalue weighted by Crippen LogP contribution is 2.35.